The molecule has 3 aromatic carbocycles. The van der Waals surface area contributed by atoms with Gasteiger partial charge in [-0.3, -0.25) is 4.99 Å². The number of nitrogens with zero attached hydrogens (tertiary/aromatic N) is 2. The Hall–Kier alpha value is -2.26. The van der Waals surface area contributed by atoms with E-state index in [9.17, 15) is 0 Å². The summed E-state index contributed by atoms with van der Waals surface area (Å²) in [4.78, 5) is 9.29. The topological polar surface area (TPSA) is 24.7 Å². The Morgan fingerprint density at radius 3 is 2.48 bits per heavy atom. The zero-order chi connectivity index (χ0) is 15.6. The summed E-state index contributed by atoms with van der Waals surface area (Å²) in [6.07, 6.45) is 2.83. The van der Waals surface area contributed by atoms with Gasteiger partial charge in [-0.2, -0.15) is 0 Å². The van der Waals surface area contributed by atoms with Gasteiger partial charge in [0.05, 0.1) is 6.04 Å². The van der Waals surface area contributed by atoms with Crippen LogP contribution >= 0.6 is 15.9 Å². The Bertz CT molecular complexity index is 910. The highest BCUT2D eigenvalue weighted by Gasteiger charge is 2.15. The highest BCUT2D eigenvalue weighted by molar-refractivity contribution is 9.10. The van der Waals surface area contributed by atoms with Gasteiger partial charge in [0.15, 0.2) is 5.84 Å². The summed E-state index contributed by atoms with van der Waals surface area (Å²) < 4.78 is 1.10. The summed E-state index contributed by atoms with van der Waals surface area (Å²) in [6, 6.07) is 23.3. The molecule has 112 valence electrons. The molecule has 0 aromatic heterocycles. The molecule has 4 rings (SSSR count). The van der Waals surface area contributed by atoms with E-state index in [4.69, 9.17) is 4.99 Å². The third-order valence-corrected chi connectivity index (χ3v) is 4.55. The van der Waals surface area contributed by atoms with Crippen molar-refractivity contribution < 1.29 is 0 Å². The number of benzene rings is 3. The van der Waals surface area contributed by atoms with E-state index in [1.165, 1.54) is 16.3 Å². The maximum Gasteiger partial charge on any atom is 0.154 e. The van der Waals surface area contributed by atoms with Crippen molar-refractivity contribution in [2.45, 2.75) is 12.5 Å². The van der Waals surface area contributed by atoms with E-state index in [1.807, 2.05) is 6.21 Å². The molecule has 0 amide bonds. The Morgan fingerprint density at radius 2 is 1.65 bits per heavy atom. The molecule has 1 heterocycles. The van der Waals surface area contributed by atoms with Crippen molar-refractivity contribution in [1.29, 1.82) is 0 Å². The minimum absolute atomic E-state index is 0.123. The summed E-state index contributed by atoms with van der Waals surface area (Å²) in [5.74, 6) is 0.831. The van der Waals surface area contributed by atoms with E-state index in [0.717, 1.165) is 22.3 Å². The first-order valence-electron chi connectivity index (χ1n) is 7.63. The fraction of sp³-hybridized carbons (Fsp3) is 0.100. The van der Waals surface area contributed by atoms with E-state index in [0.29, 0.717) is 0 Å². The first kappa shape index (κ1) is 14.3. The van der Waals surface area contributed by atoms with Gasteiger partial charge in [0.1, 0.15) is 0 Å². The summed E-state index contributed by atoms with van der Waals surface area (Å²) in [7, 11) is 0. The van der Waals surface area contributed by atoms with E-state index in [-0.39, 0.29) is 6.04 Å². The minimum Gasteiger partial charge on any atom is -0.257 e. The van der Waals surface area contributed by atoms with Crippen LogP contribution in [0.25, 0.3) is 10.8 Å². The summed E-state index contributed by atoms with van der Waals surface area (Å²) in [6.45, 7) is 0. The van der Waals surface area contributed by atoms with Crippen molar-refractivity contribution >= 4 is 38.8 Å². The highest BCUT2D eigenvalue weighted by Crippen LogP contribution is 2.19. The molecule has 0 fully saturated rings. The molecular formula is C20H15BrN2. The zero-order valence-corrected chi connectivity index (χ0v) is 14.1. The van der Waals surface area contributed by atoms with Crippen LogP contribution in [0, 0.1) is 0 Å². The summed E-state index contributed by atoms with van der Waals surface area (Å²) in [5.41, 5.74) is 2.35. The van der Waals surface area contributed by atoms with Crippen molar-refractivity contribution in [2.24, 2.45) is 9.98 Å². The number of hydrogen-bond donors (Lipinski definition) is 0. The molecule has 1 aliphatic rings. The summed E-state index contributed by atoms with van der Waals surface area (Å²) >= 11 is 3.46. The van der Waals surface area contributed by atoms with Crippen LogP contribution in [-0.4, -0.2) is 18.1 Å². The molecule has 3 aromatic rings. The number of halogens is 1. The fourth-order valence-electron chi connectivity index (χ4n) is 2.82. The smallest absolute Gasteiger partial charge is 0.154 e. The molecule has 1 aliphatic heterocycles. The van der Waals surface area contributed by atoms with Gasteiger partial charge < -0.3 is 0 Å². The van der Waals surface area contributed by atoms with E-state index < -0.39 is 0 Å². The maximum atomic E-state index is 4.77. The number of aliphatic imine (C=N–C) groups is 2. The molecule has 0 bridgehead atoms. The molecule has 0 N–H and O–H groups in total. The standard InChI is InChI=1S/C20H15BrN2/c21-18-9-5-14(6-10-18)11-19-13-22-20(23-19)17-8-7-15-3-1-2-4-16(15)12-17/h1-10,12-13,19H,11H2. The van der Waals surface area contributed by atoms with Gasteiger partial charge in [-0.1, -0.05) is 64.5 Å². The number of fused-ring (bicyclic) bond motifs is 1. The zero-order valence-electron chi connectivity index (χ0n) is 12.5. The van der Waals surface area contributed by atoms with Gasteiger partial charge in [0.2, 0.25) is 0 Å². The first-order valence-corrected chi connectivity index (χ1v) is 8.43. The average molecular weight is 363 g/mol. The van der Waals surface area contributed by atoms with Crippen molar-refractivity contribution in [3.05, 3.63) is 82.3 Å². The second kappa shape index (κ2) is 6.09. The van der Waals surface area contributed by atoms with Gasteiger partial charge >= 0.3 is 0 Å². The lowest BCUT2D eigenvalue weighted by Gasteiger charge is -2.05. The molecule has 1 unspecified atom stereocenters. The van der Waals surface area contributed by atoms with Gasteiger partial charge in [0, 0.05) is 16.3 Å². The lowest BCUT2D eigenvalue weighted by atomic mass is 10.1. The normalized spacial score (nSPS) is 16.7. The van der Waals surface area contributed by atoms with Crippen LogP contribution in [0.1, 0.15) is 11.1 Å². The largest absolute Gasteiger partial charge is 0.257 e. The quantitative estimate of drug-likeness (QED) is 0.623. The van der Waals surface area contributed by atoms with Crippen LogP contribution in [0.3, 0.4) is 0 Å². The molecule has 3 heteroatoms. The van der Waals surface area contributed by atoms with Crippen LogP contribution in [0.2, 0.25) is 0 Å². The Morgan fingerprint density at radius 1 is 0.870 bits per heavy atom. The average Bonchev–Trinajstić information content (AvgIpc) is 3.05. The van der Waals surface area contributed by atoms with Crippen LogP contribution in [0.15, 0.2) is 81.2 Å². The van der Waals surface area contributed by atoms with Crippen LogP contribution in [0.5, 0.6) is 0 Å². The molecule has 0 radical (unpaired) electrons. The predicted molar refractivity (Wildman–Crippen MR) is 101 cm³/mol. The second-order valence-corrected chi connectivity index (χ2v) is 6.61. The van der Waals surface area contributed by atoms with E-state index >= 15 is 0 Å². The van der Waals surface area contributed by atoms with Crippen LogP contribution in [0.4, 0.5) is 0 Å². The Balaban J connectivity index is 1.57. The third kappa shape index (κ3) is 3.10. The number of hydrogen-bond acceptors (Lipinski definition) is 2. The van der Waals surface area contributed by atoms with Crippen molar-refractivity contribution in [3.8, 4) is 0 Å². The van der Waals surface area contributed by atoms with Crippen molar-refractivity contribution in [3.63, 3.8) is 0 Å². The fourth-order valence-corrected chi connectivity index (χ4v) is 3.08. The molecule has 23 heavy (non-hydrogen) atoms. The molecule has 1 atom stereocenters. The monoisotopic (exact) mass is 362 g/mol. The summed E-state index contributed by atoms with van der Waals surface area (Å²) in [5, 5.41) is 2.46. The third-order valence-electron chi connectivity index (χ3n) is 4.02. The molecular weight excluding hydrogens is 348 g/mol. The second-order valence-electron chi connectivity index (χ2n) is 5.69. The number of amidine groups is 1. The minimum atomic E-state index is 0.123. The molecule has 0 spiro atoms. The predicted octanol–water partition coefficient (Wildman–Crippen LogP) is 5.04. The van der Waals surface area contributed by atoms with Gasteiger partial charge in [-0.25, -0.2) is 4.99 Å². The number of rotatable bonds is 3. The first-order chi connectivity index (χ1) is 11.3. The van der Waals surface area contributed by atoms with Crippen LogP contribution in [-0.2, 0) is 6.42 Å². The van der Waals surface area contributed by atoms with Crippen LogP contribution < -0.4 is 0 Å². The molecule has 0 saturated heterocycles. The maximum absolute atomic E-state index is 4.77. The van der Waals surface area contributed by atoms with E-state index in [1.54, 1.807) is 0 Å². The highest BCUT2D eigenvalue weighted by atomic mass is 79.9. The lowest BCUT2D eigenvalue weighted by Crippen LogP contribution is -2.07. The SMILES string of the molecule is Brc1ccc(CC2C=NC(c3ccc4ccccc4c3)=N2)cc1. The molecule has 0 aliphatic carbocycles. The Labute approximate surface area is 143 Å². The van der Waals surface area contributed by atoms with Crippen molar-refractivity contribution in [2.75, 3.05) is 0 Å². The van der Waals surface area contributed by atoms with Gasteiger partial charge in [-0.05, 0) is 41.0 Å². The lowest BCUT2D eigenvalue weighted by molar-refractivity contribution is 0.879. The van der Waals surface area contributed by atoms with Gasteiger partial charge in [0.25, 0.3) is 0 Å². The molecule has 2 nitrogen and oxygen atoms in total. The Kier molecular flexibility index (Phi) is 3.80. The van der Waals surface area contributed by atoms with Gasteiger partial charge in [-0.15, -0.1) is 0 Å². The van der Waals surface area contributed by atoms with Crippen molar-refractivity contribution in [1.82, 2.24) is 0 Å². The molecule has 0 saturated carbocycles. The van der Waals surface area contributed by atoms with E-state index in [2.05, 4.69) is 87.7 Å².